The van der Waals surface area contributed by atoms with Gasteiger partial charge in [-0.1, -0.05) is 13.8 Å². The Morgan fingerprint density at radius 2 is 2.05 bits per heavy atom. The van der Waals surface area contributed by atoms with E-state index in [0.717, 1.165) is 31.6 Å². The van der Waals surface area contributed by atoms with Crippen molar-refractivity contribution in [2.24, 2.45) is 5.92 Å². The van der Waals surface area contributed by atoms with Crippen molar-refractivity contribution >= 4 is 18.0 Å². The average molecular weight is 304 g/mol. The second-order valence-electron chi connectivity index (χ2n) is 6.00. The third kappa shape index (κ3) is 4.44. The fourth-order valence-electron chi connectivity index (χ4n) is 2.39. The molecule has 0 unspecified atom stereocenters. The third-order valence-corrected chi connectivity index (χ3v) is 3.82. The van der Waals surface area contributed by atoms with E-state index in [1.807, 2.05) is 6.07 Å². The number of hydrogen-bond acceptors (Lipinski definition) is 4. The van der Waals surface area contributed by atoms with Gasteiger partial charge in [-0.05, 0) is 18.4 Å². The van der Waals surface area contributed by atoms with E-state index in [1.54, 1.807) is 17.3 Å². The zero-order valence-corrected chi connectivity index (χ0v) is 13.3. The maximum absolute atomic E-state index is 12.1. The van der Waals surface area contributed by atoms with Crippen molar-refractivity contribution in [3.63, 3.8) is 0 Å². The van der Waals surface area contributed by atoms with Crippen LogP contribution in [-0.2, 0) is 4.79 Å². The van der Waals surface area contributed by atoms with Crippen molar-refractivity contribution < 1.29 is 9.59 Å². The van der Waals surface area contributed by atoms with Gasteiger partial charge in [-0.2, -0.15) is 0 Å². The quantitative estimate of drug-likeness (QED) is 0.800. The molecule has 2 amide bonds. The molecule has 120 valence electrons. The predicted octanol–water partition coefficient (Wildman–Crippen LogP) is 1.14. The highest BCUT2D eigenvalue weighted by molar-refractivity contribution is 5.94. The summed E-state index contributed by atoms with van der Waals surface area (Å²) in [5, 5.41) is 2.92. The molecule has 0 saturated carbocycles. The standard InChI is InChI=1S/C16H24N4O2/c1-13(2)3-4-18-16(22)14-9-15(11-17-10-14)20-7-5-19(12-21)6-8-20/h9-13H,3-8H2,1-2H3,(H,18,22). The summed E-state index contributed by atoms with van der Waals surface area (Å²) in [4.78, 5) is 31.0. The summed E-state index contributed by atoms with van der Waals surface area (Å²) in [6, 6.07) is 1.87. The molecule has 1 aromatic heterocycles. The van der Waals surface area contributed by atoms with Gasteiger partial charge < -0.3 is 15.1 Å². The van der Waals surface area contributed by atoms with Crippen LogP contribution in [0.1, 0.15) is 30.6 Å². The number of carbonyl (C=O) groups excluding carboxylic acids is 2. The minimum Gasteiger partial charge on any atom is -0.367 e. The van der Waals surface area contributed by atoms with Crippen LogP contribution in [0, 0.1) is 5.92 Å². The lowest BCUT2D eigenvalue weighted by Gasteiger charge is -2.34. The first-order chi connectivity index (χ1) is 10.6. The van der Waals surface area contributed by atoms with Crippen LogP contribution >= 0.6 is 0 Å². The van der Waals surface area contributed by atoms with E-state index in [4.69, 9.17) is 0 Å². The molecule has 1 aromatic rings. The Bertz CT molecular complexity index is 511. The molecule has 1 fully saturated rings. The van der Waals surface area contributed by atoms with Crippen LogP contribution in [0.25, 0.3) is 0 Å². The maximum atomic E-state index is 12.1. The Kier molecular flexibility index (Phi) is 5.75. The second-order valence-corrected chi connectivity index (χ2v) is 6.00. The topological polar surface area (TPSA) is 65.5 Å². The van der Waals surface area contributed by atoms with Crippen molar-refractivity contribution in [1.29, 1.82) is 0 Å². The van der Waals surface area contributed by atoms with Crippen LogP contribution in [0.15, 0.2) is 18.5 Å². The molecule has 1 saturated heterocycles. The van der Waals surface area contributed by atoms with E-state index in [1.165, 1.54) is 0 Å². The van der Waals surface area contributed by atoms with Crippen molar-refractivity contribution in [2.45, 2.75) is 20.3 Å². The van der Waals surface area contributed by atoms with Crippen molar-refractivity contribution in [3.8, 4) is 0 Å². The van der Waals surface area contributed by atoms with Crippen LogP contribution in [-0.4, -0.2) is 54.9 Å². The van der Waals surface area contributed by atoms with Gasteiger partial charge in [-0.3, -0.25) is 14.6 Å². The molecule has 0 aromatic carbocycles. The minimum absolute atomic E-state index is 0.0819. The molecule has 6 nitrogen and oxygen atoms in total. The van der Waals surface area contributed by atoms with E-state index >= 15 is 0 Å². The lowest BCUT2D eigenvalue weighted by Crippen LogP contribution is -2.45. The van der Waals surface area contributed by atoms with Gasteiger partial charge in [0, 0.05) is 38.9 Å². The number of nitrogens with one attached hydrogen (secondary N) is 1. The summed E-state index contributed by atoms with van der Waals surface area (Å²) in [5.41, 5.74) is 1.51. The van der Waals surface area contributed by atoms with Crippen LogP contribution < -0.4 is 10.2 Å². The van der Waals surface area contributed by atoms with Gasteiger partial charge >= 0.3 is 0 Å². The highest BCUT2D eigenvalue weighted by Gasteiger charge is 2.17. The number of nitrogens with zero attached hydrogens (tertiary/aromatic N) is 3. The van der Waals surface area contributed by atoms with Crippen LogP contribution in [0.2, 0.25) is 0 Å². The normalized spacial score (nSPS) is 15.0. The number of pyridine rings is 1. The number of anilines is 1. The zero-order chi connectivity index (χ0) is 15.9. The van der Waals surface area contributed by atoms with E-state index in [2.05, 4.69) is 29.0 Å². The SMILES string of the molecule is CC(C)CCNC(=O)c1cncc(N2CCN(C=O)CC2)c1. The van der Waals surface area contributed by atoms with Crippen LogP contribution in [0.3, 0.4) is 0 Å². The number of piperazine rings is 1. The van der Waals surface area contributed by atoms with Crippen molar-refractivity contribution in [3.05, 3.63) is 24.0 Å². The number of aromatic nitrogens is 1. The molecule has 0 bridgehead atoms. The Balaban J connectivity index is 1.95. The van der Waals surface area contributed by atoms with Crippen molar-refractivity contribution in [2.75, 3.05) is 37.6 Å². The smallest absolute Gasteiger partial charge is 0.252 e. The minimum atomic E-state index is -0.0819. The maximum Gasteiger partial charge on any atom is 0.252 e. The van der Waals surface area contributed by atoms with E-state index in [-0.39, 0.29) is 5.91 Å². The molecule has 0 radical (unpaired) electrons. The molecule has 1 aliphatic rings. The average Bonchev–Trinajstić information content (AvgIpc) is 2.54. The monoisotopic (exact) mass is 304 g/mol. The van der Waals surface area contributed by atoms with Gasteiger partial charge in [-0.25, -0.2) is 0 Å². The molecule has 0 aliphatic carbocycles. The lowest BCUT2D eigenvalue weighted by atomic mass is 10.1. The van der Waals surface area contributed by atoms with Gasteiger partial charge in [-0.15, -0.1) is 0 Å². The molecular formula is C16H24N4O2. The fourth-order valence-corrected chi connectivity index (χ4v) is 2.39. The molecule has 0 atom stereocenters. The third-order valence-electron chi connectivity index (χ3n) is 3.82. The number of rotatable bonds is 6. The molecule has 2 rings (SSSR count). The number of amides is 2. The van der Waals surface area contributed by atoms with Gasteiger partial charge in [0.1, 0.15) is 0 Å². The van der Waals surface area contributed by atoms with Crippen LogP contribution in [0.5, 0.6) is 0 Å². The Morgan fingerprint density at radius 1 is 1.32 bits per heavy atom. The molecule has 6 heteroatoms. The molecular weight excluding hydrogens is 280 g/mol. The first kappa shape index (κ1) is 16.3. The molecule has 1 aliphatic heterocycles. The number of hydrogen-bond donors (Lipinski definition) is 1. The van der Waals surface area contributed by atoms with E-state index in [0.29, 0.717) is 31.1 Å². The molecule has 0 spiro atoms. The first-order valence-corrected chi connectivity index (χ1v) is 7.77. The fraction of sp³-hybridized carbons (Fsp3) is 0.562. The first-order valence-electron chi connectivity index (χ1n) is 7.77. The summed E-state index contributed by atoms with van der Waals surface area (Å²) in [7, 11) is 0. The predicted molar refractivity (Wildman–Crippen MR) is 85.9 cm³/mol. The number of carbonyl (C=O) groups is 2. The van der Waals surface area contributed by atoms with Gasteiger partial charge in [0.05, 0.1) is 17.4 Å². The lowest BCUT2D eigenvalue weighted by molar-refractivity contribution is -0.118. The highest BCUT2D eigenvalue weighted by atomic mass is 16.1. The van der Waals surface area contributed by atoms with Crippen LogP contribution in [0.4, 0.5) is 5.69 Å². The zero-order valence-electron chi connectivity index (χ0n) is 13.3. The Hall–Kier alpha value is -2.11. The van der Waals surface area contributed by atoms with Gasteiger partial charge in [0.25, 0.3) is 5.91 Å². The Labute approximate surface area is 131 Å². The largest absolute Gasteiger partial charge is 0.367 e. The summed E-state index contributed by atoms with van der Waals surface area (Å²) >= 11 is 0. The Morgan fingerprint density at radius 3 is 2.68 bits per heavy atom. The second kappa shape index (κ2) is 7.77. The molecule has 22 heavy (non-hydrogen) atoms. The summed E-state index contributed by atoms with van der Waals surface area (Å²) in [6.07, 6.45) is 5.21. The summed E-state index contributed by atoms with van der Waals surface area (Å²) < 4.78 is 0. The van der Waals surface area contributed by atoms with Gasteiger partial charge in [0.15, 0.2) is 0 Å². The van der Waals surface area contributed by atoms with Crippen molar-refractivity contribution in [1.82, 2.24) is 15.2 Å². The highest BCUT2D eigenvalue weighted by Crippen LogP contribution is 2.16. The van der Waals surface area contributed by atoms with Gasteiger partial charge in [0.2, 0.25) is 6.41 Å². The summed E-state index contributed by atoms with van der Waals surface area (Å²) in [5.74, 6) is 0.486. The molecule has 1 N–H and O–H groups in total. The van der Waals surface area contributed by atoms with E-state index in [9.17, 15) is 9.59 Å². The summed E-state index contributed by atoms with van der Waals surface area (Å²) in [6.45, 7) is 7.87. The molecule has 2 heterocycles. The van der Waals surface area contributed by atoms with E-state index < -0.39 is 0 Å².